The lowest BCUT2D eigenvalue weighted by atomic mass is 9.99. The van der Waals surface area contributed by atoms with Crippen LogP contribution in [0.15, 0.2) is 30.3 Å². The lowest BCUT2D eigenvalue weighted by molar-refractivity contribution is 0.132. The summed E-state index contributed by atoms with van der Waals surface area (Å²) in [6.07, 6.45) is 1.38. The Morgan fingerprint density at radius 2 is 1.78 bits per heavy atom. The number of aliphatic hydroxyl groups is 1. The fraction of sp³-hybridized carbons (Fsp3) is 0.500. The Bertz CT molecular complexity index is 408. The van der Waals surface area contributed by atoms with E-state index >= 15 is 0 Å². The quantitative estimate of drug-likeness (QED) is 0.649. The Labute approximate surface area is 112 Å². The molecule has 1 nitrogen and oxygen atoms in total. The number of aliphatic hydroxyl groups excluding tert-OH is 1. The van der Waals surface area contributed by atoms with Crippen molar-refractivity contribution in [1.82, 2.24) is 0 Å². The van der Waals surface area contributed by atoms with Crippen LogP contribution in [0, 0.1) is 17.4 Å². The third kappa shape index (κ3) is 6.04. The van der Waals surface area contributed by atoms with Gasteiger partial charge in [0.05, 0.1) is 6.10 Å². The predicted octanol–water partition coefficient (Wildman–Crippen LogP) is 3.50. The Hall–Kier alpha value is -1.04. The highest BCUT2D eigenvalue weighted by Crippen LogP contribution is 2.11. The van der Waals surface area contributed by atoms with Gasteiger partial charge in [-0.25, -0.2) is 0 Å². The SMILES string of the molecule is C[C@H](C#C[Si](C)(C)C)[C@@H](O)CCc1ccccc1. The highest BCUT2D eigenvalue weighted by molar-refractivity contribution is 6.83. The van der Waals surface area contributed by atoms with Crippen LogP contribution < -0.4 is 0 Å². The third-order valence-electron chi connectivity index (χ3n) is 2.82. The summed E-state index contributed by atoms with van der Waals surface area (Å²) >= 11 is 0. The minimum Gasteiger partial charge on any atom is -0.392 e. The van der Waals surface area contributed by atoms with E-state index in [-0.39, 0.29) is 12.0 Å². The van der Waals surface area contributed by atoms with Crippen LogP contribution in [-0.2, 0) is 6.42 Å². The molecule has 0 saturated carbocycles. The van der Waals surface area contributed by atoms with Crippen molar-refractivity contribution in [1.29, 1.82) is 0 Å². The van der Waals surface area contributed by atoms with Gasteiger partial charge in [-0.2, -0.15) is 0 Å². The van der Waals surface area contributed by atoms with Crippen molar-refractivity contribution < 1.29 is 5.11 Å². The molecule has 0 heterocycles. The molecule has 18 heavy (non-hydrogen) atoms. The molecule has 0 aliphatic carbocycles. The molecule has 1 aromatic rings. The van der Waals surface area contributed by atoms with Crippen LogP contribution in [0.2, 0.25) is 19.6 Å². The molecule has 0 amide bonds. The summed E-state index contributed by atoms with van der Waals surface area (Å²) in [7, 11) is -1.32. The maximum absolute atomic E-state index is 10.1. The number of aryl methyl sites for hydroxylation is 1. The van der Waals surface area contributed by atoms with Gasteiger partial charge >= 0.3 is 0 Å². The first-order valence-corrected chi connectivity index (χ1v) is 10.1. The standard InChI is InChI=1S/C16H24OSi/c1-14(12-13-18(2,3)4)16(17)11-10-15-8-6-5-7-9-15/h5-9,14,16-17H,10-11H2,1-4H3/t14-,16+/m1/s1. The van der Waals surface area contributed by atoms with Crippen LogP contribution in [0.1, 0.15) is 18.9 Å². The molecule has 0 spiro atoms. The summed E-state index contributed by atoms with van der Waals surface area (Å²) < 4.78 is 0. The van der Waals surface area contributed by atoms with Gasteiger partial charge in [0.1, 0.15) is 8.07 Å². The molecule has 0 aromatic heterocycles. The number of rotatable bonds is 4. The number of hydrogen-bond donors (Lipinski definition) is 1. The average molecular weight is 260 g/mol. The van der Waals surface area contributed by atoms with E-state index in [1.807, 2.05) is 25.1 Å². The largest absolute Gasteiger partial charge is 0.392 e. The van der Waals surface area contributed by atoms with Crippen LogP contribution in [-0.4, -0.2) is 19.3 Å². The molecule has 0 unspecified atom stereocenters. The lowest BCUT2D eigenvalue weighted by Crippen LogP contribution is -2.20. The van der Waals surface area contributed by atoms with Crippen molar-refractivity contribution >= 4 is 8.07 Å². The molecule has 0 aliphatic heterocycles. The summed E-state index contributed by atoms with van der Waals surface area (Å²) in [4.78, 5) is 0. The van der Waals surface area contributed by atoms with Crippen molar-refractivity contribution in [3.8, 4) is 11.5 Å². The Balaban J connectivity index is 2.45. The molecular formula is C16H24OSi. The summed E-state index contributed by atoms with van der Waals surface area (Å²) in [6.45, 7) is 8.69. The first kappa shape index (κ1) is 15.0. The van der Waals surface area contributed by atoms with E-state index in [4.69, 9.17) is 0 Å². The Morgan fingerprint density at radius 3 is 2.33 bits per heavy atom. The molecule has 0 saturated heterocycles. The molecule has 1 rings (SSSR count). The van der Waals surface area contributed by atoms with Crippen LogP contribution in [0.4, 0.5) is 0 Å². The van der Waals surface area contributed by atoms with E-state index in [1.165, 1.54) is 5.56 Å². The monoisotopic (exact) mass is 260 g/mol. The highest BCUT2D eigenvalue weighted by atomic mass is 28.3. The van der Waals surface area contributed by atoms with Crippen molar-refractivity contribution in [3.05, 3.63) is 35.9 Å². The average Bonchev–Trinajstić information content (AvgIpc) is 2.33. The molecule has 0 radical (unpaired) electrons. The van der Waals surface area contributed by atoms with E-state index in [9.17, 15) is 5.11 Å². The fourth-order valence-electron chi connectivity index (χ4n) is 1.64. The minimum atomic E-state index is -1.32. The maximum Gasteiger partial charge on any atom is 0.129 e. The van der Waals surface area contributed by atoms with Crippen LogP contribution in [0.25, 0.3) is 0 Å². The van der Waals surface area contributed by atoms with E-state index in [1.54, 1.807) is 0 Å². The summed E-state index contributed by atoms with van der Waals surface area (Å²) in [5, 5.41) is 10.1. The lowest BCUT2D eigenvalue weighted by Gasteiger charge is -2.14. The first-order valence-electron chi connectivity index (χ1n) is 6.63. The Kier molecular flexibility index (Phi) is 5.65. The van der Waals surface area contributed by atoms with E-state index < -0.39 is 8.07 Å². The van der Waals surface area contributed by atoms with E-state index in [0.29, 0.717) is 0 Å². The van der Waals surface area contributed by atoms with Gasteiger partial charge in [0.2, 0.25) is 0 Å². The van der Waals surface area contributed by atoms with Gasteiger partial charge in [-0.1, -0.05) is 50.0 Å². The second-order valence-corrected chi connectivity index (χ2v) is 10.6. The minimum absolute atomic E-state index is 0.0698. The Morgan fingerprint density at radius 1 is 1.17 bits per heavy atom. The van der Waals surface area contributed by atoms with Crippen molar-refractivity contribution in [3.63, 3.8) is 0 Å². The van der Waals surface area contributed by atoms with Gasteiger partial charge in [-0.3, -0.25) is 0 Å². The zero-order valence-electron chi connectivity index (χ0n) is 11.9. The van der Waals surface area contributed by atoms with Crippen molar-refractivity contribution in [2.24, 2.45) is 5.92 Å². The van der Waals surface area contributed by atoms with E-state index in [2.05, 4.69) is 43.2 Å². The molecule has 1 N–H and O–H groups in total. The summed E-state index contributed by atoms with van der Waals surface area (Å²) in [6, 6.07) is 10.3. The predicted molar refractivity (Wildman–Crippen MR) is 81.1 cm³/mol. The normalized spacial score (nSPS) is 14.5. The molecule has 0 bridgehead atoms. The maximum atomic E-state index is 10.1. The molecular weight excluding hydrogens is 236 g/mol. The molecule has 0 fully saturated rings. The van der Waals surface area contributed by atoms with Crippen molar-refractivity contribution in [2.45, 2.75) is 45.5 Å². The summed E-state index contributed by atoms with van der Waals surface area (Å²) in [5.74, 6) is 3.29. The van der Waals surface area contributed by atoms with Crippen molar-refractivity contribution in [2.75, 3.05) is 0 Å². The van der Waals surface area contributed by atoms with Gasteiger partial charge in [0, 0.05) is 5.92 Å². The third-order valence-corrected chi connectivity index (χ3v) is 3.72. The smallest absolute Gasteiger partial charge is 0.129 e. The molecule has 2 atom stereocenters. The van der Waals surface area contributed by atoms with Crippen LogP contribution in [0.3, 0.4) is 0 Å². The molecule has 98 valence electrons. The van der Waals surface area contributed by atoms with E-state index in [0.717, 1.165) is 12.8 Å². The second-order valence-electron chi connectivity index (χ2n) is 5.90. The number of benzene rings is 1. The molecule has 0 aliphatic rings. The van der Waals surface area contributed by atoms with Gasteiger partial charge in [-0.05, 0) is 25.3 Å². The highest BCUT2D eigenvalue weighted by Gasteiger charge is 2.13. The molecule has 1 aromatic carbocycles. The zero-order chi connectivity index (χ0) is 13.6. The zero-order valence-corrected chi connectivity index (χ0v) is 12.9. The van der Waals surface area contributed by atoms with Gasteiger partial charge in [-0.15, -0.1) is 11.5 Å². The number of hydrogen-bond acceptors (Lipinski definition) is 1. The first-order chi connectivity index (χ1) is 8.38. The van der Waals surface area contributed by atoms with Gasteiger partial charge in [0.15, 0.2) is 0 Å². The van der Waals surface area contributed by atoms with Crippen LogP contribution >= 0.6 is 0 Å². The summed E-state index contributed by atoms with van der Waals surface area (Å²) in [5.41, 5.74) is 4.61. The van der Waals surface area contributed by atoms with Crippen LogP contribution in [0.5, 0.6) is 0 Å². The van der Waals surface area contributed by atoms with Gasteiger partial charge in [0.25, 0.3) is 0 Å². The fourth-order valence-corrected chi connectivity index (χ4v) is 2.30. The second kappa shape index (κ2) is 6.77. The topological polar surface area (TPSA) is 20.2 Å². The molecule has 2 heteroatoms. The van der Waals surface area contributed by atoms with Gasteiger partial charge < -0.3 is 5.11 Å².